The Balaban J connectivity index is 1.70. The molecule has 1 amide bonds. The van der Waals surface area contributed by atoms with Gasteiger partial charge in [-0.3, -0.25) is 9.59 Å². The van der Waals surface area contributed by atoms with Crippen LogP contribution in [-0.4, -0.2) is 29.0 Å². The number of hydrogen-bond donors (Lipinski definition) is 1. The molecule has 0 spiro atoms. The van der Waals surface area contributed by atoms with E-state index in [0.717, 1.165) is 6.42 Å². The summed E-state index contributed by atoms with van der Waals surface area (Å²) in [6.45, 7) is 3.39. The highest BCUT2D eigenvalue weighted by Crippen LogP contribution is 2.33. The van der Waals surface area contributed by atoms with Crippen LogP contribution in [0.2, 0.25) is 0 Å². The summed E-state index contributed by atoms with van der Waals surface area (Å²) in [7, 11) is 1.51. The van der Waals surface area contributed by atoms with Crippen LogP contribution in [0.3, 0.4) is 0 Å². The topological polar surface area (TPSA) is 107 Å². The number of Topliss-reactive ketones (excluding diaryl/α,β-unsaturated/α-hetero) is 1. The van der Waals surface area contributed by atoms with E-state index in [4.69, 9.17) is 13.6 Å². The summed E-state index contributed by atoms with van der Waals surface area (Å²) in [5.74, 6) is 1.77. The van der Waals surface area contributed by atoms with E-state index in [0.29, 0.717) is 58.7 Å². The Hall–Kier alpha value is -3.42. The molecule has 0 fully saturated rings. The minimum Gasteiger partial charge on any atom is -0.495 e. The van der Waals surface area contributed by atoms with Crippen molar-refractivity contribution in [1.29, 1.82) is 0 Å². The molecule has 1 aliphatic carbocycles. The SMILES string of the molecule is COc1ccc(-c2nnc(C)o2)cc1NC(=O)c1c(C)oc2c1C(=O)CCC2. The molecule has 8 heteroatoms. The highest BCUT2D eigenvalue weighted by molar-refractivity contribution is 6.14. The number of fused-ring (bicyclic) bond motifs is 1. The van der Waals surface area contributed by atoms with Crippen molar-refractivity contribution in [3.63, 3.8) is 0 Å². The minimum atomic E-state index is -0.421. The molecule has 144 valence electrons. The molecule has 28 heavy (non-hydrogen) atoms. The minimum absolute atomic E-state index is 0.0645. The summed E-state index contributed by atoms with van der Waals surface area (Å²) in [4.78, 5) is 25.4. The standard InChI is InChI=1S/C20H19N3O5/c1-10-17(18-14(24)5-4-6-16(18)27-10)19(25)21-13-9-12(7-8-15(13)26-3)20-23-22-11(2)28-20/h7-9H,4-6H2,1-3H3,(H,21,25). The maximum absolute atomic E-state index is 13.0. The number of aryl methyl sites for hydroxylation is 3. The number of carbonyl (C=O) groups excluding carboxylic acids is 2. The van der Waals surface area contributed by atoms with Gasteiger partial charge in [0.1, 0.15) is 17.3 Å². The van der Waals surface area contributed by atoms with Crippen LogP contribution in [0.25, 0.3) is 11.5 Å². The molecule has 0 radical (unpaired) electrons. The lowest BCUT2D eigenvalue weighted by atomic mass is 9.93. The Kier molecular flexibility index (Phi) is 4.46. The van der Waals surface area contributed by atoms with Crippen LogP contribution in [0.1, 0.15) is 51.0 Å². The first-order valence-electron chi connectivity index (χ1n) is 8.93. The molecule has 2 heterocycles. The predicted molar refractivity (Wildman–Crippen MR) is 99.7 cm³/mol. The first kappa shape index (κ1) is 18.0. The molecule has 0 aliphatic heterocycles. The van der Waals surface area contributed by atoms with E-state index in [9.17, 15) is 9.59 Å². The third kappa shape index (κ3) is 3.06. The second-order valence-electron chi connectivity index (χ2n) is 6.60. The van der Waals surface area contributed by atoms with E-state index in [-0.39, 0.29) is 11.3 Å². The molecule has 1 aromatic carbocycles. The van der Waals surface area contributed by atoms with Gasteiger partial charge in [0.25, 0.3) is 5.91 Å². The zero-order valence-corrected chi connectivity index (χ0v) is 15.8. The van der Waals surface area contributed by atoms with Gasteiger partial charge in [0.2, 0.25) is 11.8 Å². The van der Waals surface area contributed by atoms with Gasteiger partial charge in [-0.15, -0.1) is 10.2 Å². The van der Waals surface area contributed by atoms with Crippen molar-refractivity contribution < 1.29 is 23.2 Å². The van der Waals surface area contributed by atoms with E-state index < -0.39 is 5.91 Å². The average molecular weight is 381 g/mol. The number of aromatic nitrogens is 2. The van der Waals surface area contributed by atoms with E-state index in [1.165, 1.54) is 7.11 Å². The maximum Gasteiger partial charge on any atom is 0.260 e. The number of amides is 1. The second kappa shape index (κ2) is 6.95. The van der Waals surface area contributed by atoms with Crippen LogP contribution in [0, 0.1) is 13.8 Å². The molecule has 0 unspecified atom stereocenters. The Bertz CT molecular complexity index is 1080. The van der Waals surface area contributed by atoms with Gasteiger partial charge in [-0.2, -0.15) is 0 Å². The zero-order valence-electron chi connectivity index (χ0n) is 15.8. The number of hydrogen-bond acceptors (Lipinski definition) is 7. The van der Waals surface area contributed by atoms with Crippen molar-refractivity contribution in [3.05, 3.63) is 46.7 Å². The van der Waals surface area contributed by atoms with Crippen LogP contribution in [0.4, 0.5) is 5.69 Å². The Labute approximate surface area is 160 Å². The van der Waals surface area contributed by atoms with Crippen molar-refractivity contribution in [2.24, 2.45) is 0 Å². The van der Waals surface area contributed by atoms with Crippen molar-refractivity contribution in [1.82, 2.24) is 10.2 Å². The van der Waals surface area contributed by atoms with E-state index >= 15 is 0 Å². The summed E-state index contributed by atoms with van der Waals surface area (Å²) < 4.78 is 16.5. The van der Waals surface area contributed by atoms with Crippen LogP contribution in [0.5, 0.6) is 5.75 Å². The molecule has 0 bridgehead atoms. The first-order valence-corrected chi connectivity index (χ1v) is 8.93. The fourth-order valence-corrected chi connectivity index (χ4v) is 3.42. The van der Waals surface area contributed by atoms with Gasteiger partial charge in [0.05, 0.1) is 23.9 Å². The van der Waals surface area contributed by atoms with E-state index in [1.54, 1.807) is 32.0 Å². The van der Waals surface area contributed by atoms with Crippen LogP contribution in [-0.2, 0) is 6.42 Å². The number of ether oxygens (including phenoxy) is 1. The van der Waals surface area contributed by atoms with E-state index in [2.05, 4.69) is 15.5 Å². The summed E-state index contributed by atoms with van der Waals surface area (Å²) in [6, 6.07) is 5.15. The van der Waals surface area contributed by atoms with Gasteiger partial charge in [0, 0.05) is 25.3 Å². The van der Waals surface area contributed by atoms with Crippen molar-refractivity contribution in [2.45, 2.75) is 33.1 Å². The molecule has 2 aromatic heterocycles. The van der Waals surface area contributed by atoms with Gasteiger partial charge in [-0.05, 0) is 31.5 Å². The molecule has 1 N–H and O–H groups in total. The number of nitrogens with zero attached hydrogens (tertiary/aromatic N) is 2. The Morgan fingerprint density at radius 2 is 2.00 bits per heavy atom. The molecular weight excluding hydrogens is 362 g/mol. The third-order valence-electron chi connectivity index (χ3n) is 4.69. The molecule has 0 atom stereocenters. The van der Waals surface area contributed by atoms with Gasteiger partial charge in [-0.25, -0.2) is 0 Å². The quantitative estimate of drug-likeness (QED) is 0.733. The van der Waals surface area contributed by atoms with Gasteiger partial charge >= 0.3 is 0 Å². The number of methoxy groups -OCH3 is 1. The molecule has 4 rings (SSSR count). The number of ketones is 1. The summed E-state index contributed by atoms with van der Waals surface area (Å²) >= 11 is 0. The third-order valence-corrected chi connectivity index (χ3v) is 4.69. The smallest absolute Gasteiger partial charge is 0.260 e. The highest BCUT2D eigenvalue weighted by atomic mass is 16.5. The average Bonchev–Trinajstić information content (AvgIpc) is 3.25. The fraction of sp³-hybridized carbons (Fsp3) is 0.300. The lowest BCUT2D eigenvalue weighted by Gasteiger charge is -2.13. The molecule has 8 nitrogen and oxygen atoms in total. The number of nitrogens with one attached hydrogen (secondary N) is 1. The molecular formula is C20H19N3O5. The van der Waals surface area contributed by atoms with Gasteiger partial charge in [-0.1, -0.05) is 0 Å². The van der Waals surface area contributed by atoms with Crippen molar-refractivity contribution in [2.75, 3.05) is 12.4 Å². The summed E-state index contributed by atoms with van der Waals surface area (Å²) in [5, 5.41) is 10.6. The zero-order chi connectivity index (χ0) is 19.8. The van der Waals surface area contributed by atoms with Crippen LogP contribution in [0.15, 0.2) is 27.0 Å². The van der Waals surface area contributed by atoms with Crippen molar-refractivity contribution >= 4 is 17.4 Å². The largest absolute Gasteiger partial charge is 0.495 e. The summed E-state index contributed by atoms with van der Waals surface area (Å²) in [5.41, 5.74) is 1.74. The Morgan fingerprint density at radius 1 is 1.18 bits per heavy atom. The number of rotatable bonds is 4. The second-order valence-corrected chi connectivity index (χ2v) is 6.60. The molecule has 0 saturated carbocycles. The van der Waals surface area contributed by atoms with Crippen molar-refractivity contribution in [3.8, 4) is 17.2 Å². The number of carbonyl (C=O) groups is 2. The molecule has 3 aromatic rings. The van der Waals surface area contributed by atoms with E-state index in [1.807, 2.05) is 0 Å². The van der Waals surface area contributed by atoms with Gasteiger partial charge < -0.3 is 18.9 Å². The lowest BCUT2D eigenvalue weighted by molar-refractivity contribution is 0.0955. The lowest BCUT2D eigenvalue weighted by Crippen LogP contribution is -2.19. The normalized spacial score (nSPS) is 13.3. The van der Waals surface area contributed by atoms with Crippen LogP contribution < -0.4 is 10.1 Å². The Morgan fingerprint density at radius 3 is 2.71 bits per heavy atom. The summed E-state index contributed by atoms with van der Waals surface area (Å²) in [6.07, 6.45) is 1.81. The molecule has 0 saturated heterocycles. The number of furan rings is 1. The fourth-order valence-electron chi connectivity index (χ4n) is 3.42. The highest BCUT2D eigenvalue weighted by Gasteiger charge is 2.30. The predicted octanol–water partition coefficient (Wildman–Crippen LogP) is 3.73. The van der Waals surface area contributed by atoms with Gasteiger partial charge in [0.15, 0.2) is 5.78 Å². The first-order chi connectivity index (χ1) is 13.5. The van der Waals surface area contributed by atoms with Crippen LogP contribution >= 0.6 is 0 Å². The number of anilines is 1. The monoisotopic (exact) mass is 381 g/mol. The number of benzene rings is 1. The maximum atomic E-state index is 13.0. The molecule has 1 aliphatic rings.